The number of nitrogens with zero attached hydrogens (tertiary/aromatic N) is 2. The van der Waals surface area contributed by atoms with Crippen molar-refractivity contribution in [2.45, 2.75) is 83.0 Å². The van der Waals surface area contributed by atoms with Crippen LogP contribution in [0.5, 0.6) is 0 Å². The van der Waals surface area contributed by atoms with Crippen molar-refractivity contribution in [1.82, 2.24) is 20.9 Å². The fourth-order valence-corrected chi connectivity index (χ4v) is 4.19. The zero-order valence-corrected chi connectivity index (χ0v) is 22.9. The predicted octanol–water partition coefficient (Wildman–Crippen LogP) is -2.56. The van der Waals surface area contributed by atoms with Crippen LogP contribution in [0.3, 0.4) is 0 Å². The van der Waals surface area contributed by atoms with Gasteiger partial charge < -0.3 is 48.3 Å². The molecule has 0 spiro atoms. The maximum absolute atomic E-state index is 12.8. The highest BCUT2D eigenvalue weighted by Crippen LogP contribution is 2.19. The second kappa shape index (κ2) is 16.9. The molecule has 40 heavy (non-hydrogen) atoms. The van der Waals surface area contributed by atoms with E-state index in [4.69, 9.17) is 22.3 Å². The van der Waals surface area contributed by atoms with Gasteiger partial charge in [0.1, 0.15) is 18.1 Å². The van der Waals surface area contributed by atoms with E-state index in [2.05, 4.69) is 20.9 Å². The highest BCUT2D eigenvalue weighted by molar-refractivity contribution is 5.94. The van der Waals surface area contributed by atoms with E-state index in [0.29, 0.717) is 38.8 Å². The second-order valence-corrected chi connectivity index (χ2v) is 10.0. The third-order valence-electron chi connectivity index (χ3n) is 6.17. The number of carbonyl (C=O) groups is 6. The molecule has 1 fully saturated rings. The highest BCUT2D eigenvalue weighted by Gasteiger charge is 2.36. The number of amides is 4. The number of carboxylic acid groups (broad SMARTS) is 2. The summed E-state index contributed by atoms with van der Waals surface area (Å²) in [5, 5.41) is 25.3. The molecule has 4 atom stereocenters. The summed E-state index contributed by atoms with van der Waals surface area (Å²) < 4.78 is 0. The van der Waals surface area contributed by atoms with Crippen molar-refractivity contribution in [2.24, 2.45) is 28.1 Å². The fraction of sp³-hybridized carbons (Fsp3) is 0.708. The summed E-state index contributed by atoms with van der Waals surface area (Å²) in [4.78, 5) is 78.4. The molecule has 1 aliphatic rings. The Labute approximate surface area is 232 Å². The Morgan fingerprint density at radius 1 is 1.02 bits per heavy atom. The van der Waals surface area contributed by atoms with E-state index in [9.17, 15) is 33.9 Å². The lowest BCUT2D eigenvalue weighted by molar-refractivity contribution is -0.143. The largest absolute Gasteiger partial charge is 0.481 e. The smallest absolute Gasteiger partial charge is 0.326 e. The van der Waals surface area contributed by atoms with E-state index >= 15 is 0 Å². The van der Waals surface area contributed by atoms with Crippen LogP contribution in [-0.4, -0.2) is 100 Å². The minimum absolute atomic E-state index is 0.0587. The Bertz CT molecular complexity index is 953. The molecule has 0 aromatic rings. The summed E-state index contributed by atoms with van der Waals surface area (Å²) >= 11 is 0. The molecule has 0 radical (unpaired) electrons. The van der Waals surface area contributed by atoms with Gasteiger partial charge in [0.25, 0.3) is 0 Å². The first kappa shape index (κ1) is 34.1. The molecule has 0 saturated carbocycles. The molecule has 0 aliphatic carbocycles. The average molecular weight is 571 g/mol. The van der Waals surface area contributed by atoms with Crippen LogP contribution in [0.25, 0.3) is 0 Å². The number of guanidine groups is 1. The first-order valence-corrected chi connectivity index (χ1v) is 13.2. The van der Waals surface area contributed by atoms with Crippen LogP contribution in [0.2, 0.25) is 0 Å². The van der Waals surface area contributed by atoms with E-state index in [1.54, 1.807) is 13.8 Å². The SMILES string of the molecule is CC(C)C[C@H](NC(=O)CNC(=O)[C@@H]1CCCN1C(=O)[C@@H](N)CCCN=C(N)N)C(=O)N[C@@H](CCC(=O)O)C(=O)O. The Morgan fingerprint density at radius 2 is 1.70 bits per heavy atom. The lowest BCUT2D eigenvalue weighted by atomic mass is 10.0. The number of likely N-dealkylation sites (tertiary alicyclic amines) is 1. The average Bonchev–Trinajstić information content (AvgIpc) is 3.35. The van der Waals surface area contributed by atoms with Crippen LogP contribution in [0, 0.1) is 5.92 Å². The van der Waals surface area contributed by atoms with E-state index in [1.807, 2.05) is 0 Å². The molecule has 4 amide bonds. The summed E-state index contributed by atoms with van der Waals surface area (Å²) in [6.45, 7) is 3.77. The molecular weight excluding hydrogens is 528 g/mol. The predicted molar refractivity (Wildman–Crippen MR) is 143 cm³/mol. The highest BCUT2D eigenvalue weighted by atomic mass is 16.4. The number of carbonyl (C=O) groups excluding carboxylic acids is 4. The van der Waals surface area contributed by atoms with Crippen LogP contribution >= 0.6 is 0 Å². The van der Waals surface area contributed by atoms with Crippen LogP contribution in [0.4, 0.5) is 0 Å². The van der Waals surface area contributed by atoms with Crippen molar-refractivity contribution < 1.29 is 39.0 Å². The first-order valence-electron chi connectivity index (χ1n) is 13.2. The molecule has 1 saturated heterocycles. The maximum atomic E-state index is 12.8. The van der Waals surface area contributed by atoms with Gasteiger partial charge in [0.15, 0.2) is 5.96 Å². The lowest BCUT2D eigenvalue weighted by Crippen LogP contribution is -2.55. The Hall–Kier alpha value is -3.95. The molecule has 0 aromatic carbocycles. The summed E-state index contributed by atoms with van der Waals surface area (Å²) in [5.41, 5.74) is 16.5. The number of rotatable bonds is 17. The van der Waals surface area contributed by atoms with E-state index in [1.165, 1.54) is 4.90 Å². The number of aliphatic imine (C=N–C) groups is 1. The minimum atomic E-state index is -1.45. The molecule has 0 unspecified atom stereocenters. The molecular formula is C24H42N8O8. The van der Waals surface area contributed by atoms with Crippen molar-refractivity contribution in [1.29, 1.82) is 0 Å². The normalized spacial score (nSPS) is 16.9. The standard InChI is InChI=1S/C24H42N8O8/c1-13(2)11-16(20(36)31-15(23(39)40)7-8-19(34)35)30-18(33)12-29-21(37)17-6-4-10-32(17)22(38)14(25)5-3-9-28-24(26)27/h13-17H,3-12,25H2,1-2H3,(H,29,37)(H,30,33)(H,31,36)(H,34,35)(H,39,40)(H4,26,27,28)/t14-,15-,16-,17-/m0/s1. The number of nitrogens with one attached hydrogen (secondary N) is 3. The Morgan fingerprint density at radius 3 is 2.27 bits per heavy atom. The van der Waals surface area contributed by atoms with Crippen LogP contribution in [0.1, 0.15) is 58.8 Å². The van der Waals surface area contributed by atoms with Crippen LogP contribution in [0.15, 0.2) is 4.99 Å². The van der Waals surface area contributed by atoms with Gasteiger partial charge in [0, 0.05) is 19.5 Å². The molecule has 1 aliphatic heterocycles. The molecule has 1 heterocycles. The number of carboxylic acids is 2. The third-order valence-corrected chi connectivity index (χ3v) is 6.17. The molecule has 11 N–H and O–H groups in total. The zero-order chi connectivity index (χ0) is 30.4. The van der Waals surface area contributed by atoms with Crippen molar-refractivity contribution in [2.75, 3.05) is 19.6 Å². The molecule has 16 nitrogen and oxygen atoms in total. The number of nitrogens with two attached hydrogens (primary N) is 3. The third kappa shape index (κ3) is 12.3. The number of hydrogen-bond donors (Lipinski definition) is 8. The van der Waals surface area contributed by atoms with Gasteiger partial charge in [-0.15, -0.1) is 0 Å². The van der Waals surface area contributed by atoms with Gasteiger partial charge >= 0.3 is 11.9 Å². The number of aliphatic carboxylic acids is 2. The topological polar surface area (TPSA) is 273 Å². The fourth-order valence-electron chi connectivity index (χ4n) is 4.19. The molecule has 16 heteroatoms. The summed E-state index contributed by atoms with van der Waals surface area (Å²) in [6.07, 6.45) is 1.15. The van der Waals surface area contributed by atoms with Crippen LogP contribution in [-0.2, 0) is 28.8 Å². The zero-order valence-electron chi connectivity index (χ0n) is 22.9. The van der Waals surface area contributed by atoms with Gasteiger partial charge in [0.05, 0.1) is 12.6 Å². The Kier molecular flexibility index (Phi) is 14.4. The van der Waals surface area contributed by atoms with Gasteiger partial charge in [-0.25, -0.2) is 4.79 Å². The quantitative estimate of drug-likeness (QED) is 0.0511. The van der Waals surface area contributed by atoms with E-state index in [0.717, 1.165) is 0 Å². The lowest BCUT2D eigenvalue weighted by Gasteiger charge is -2.27. The molecule has 1 rings (SSSR count). The monoisotopic (exact) mass is 570 g/mol. The van der Waals surface area contributed by atoms with Gasteiger partial charge in [0.2, 0.25) is 23.6 Å². The van der Waals surface area contributed by atoms with Gasteiger partial charge in [-0.1, -0.05) is 13.8 Å². The maximum Gasteiger partial charge on any atom is 0.326 e. The Balaban J connectivity index is 2.70. The molecule has 0 bridgehead atoms. The molecule has 0 aromatic heterocycles. The van der Waals surface area contributed by atoms with Crippen LogP contribution < -0.4 is 33.2 Å². The molecule has 226 valence electrons. The van der Waals surface area contributed by atoms with Crippen molar-refractivity contribution in [3.63, 3.8) is 0 Å². The van der Waals surface area contributed by atoms with Gasteiger partial charge in [-0.2, -0.15) is 0 Å². The van der Waals surface area contributed by atoms with Gasteiger partial charge in [-0.05, 0) is 44.4 Å². The van der Waals surface area contributed by atoms with E-state index < -0.39 is 72.7 Å². The van der Waals surface area contributed by atoms with Crippen molar-refractivity contribution in [3.05, 3.63) is 0 Å². The van der Waals surface area contributed by atoms with Gasteiger partial charge in [-0.3, -0.25) is 29.0 Å². The van der Waals surface area contributed by atoms with Crippen molar-refractivity contribution in [3.8, 4) is 0 Å². The first-order chi connectivity index (χ1) is 18.7. The summed E-state index contributed by atoms with van der Waals surface area (Å²) in [5.74, 6) is -5.15. The summed E-state index contributed by atoms with van der Waals surface area (Å²) in [6, 6.07) is -4.20. The minimum Gasteiger partial charge on any atom is -0.481 e. The van der Waals surface area contributed by atoms with Crippen molar-refractivity contribution >= 4 is 41.5 Å². The summed E-state index contributed by atoms with van der Waals surface area (Å²) in [7, 11) is 0. The number of hydrogen-bond acceptors (Lipinski definition) is 8. The second-order valence-electron chi connectivity index (χ2n) is 10.0. The van der Waals surface area contributed by atoms with E-state index in [-0.39, 0.29) is 24.7 Å².